The molecule has 0 N–H and O–H groups in total. The van der Waals surface area contributed by atoms with Gasteiger partial charge in [0, 0.05) is 44.6 Å². The Morgan fingerprint density at radius 3 is 2.88 bits per heavy atom. The van der Waals surface area contributed by atoms with Crippen LogP contribution >= 0.6 is 0 Å². The van der Waals surface area contributed by atoms with E-state index in [-0.39, 0.29) is 11.9 Å². The molecule has 4 nitrogen and oxygen atoms in total. The molecule has 3 rings (SSSR count). The average molecular weight is 349 g/mol. The maximum atomic E-state index is 12.5. The number of carbonyl (C=O) groups is 1. The van der Waals surface area contributed by atoms with Crippen molar-refractivity contribution in [2.75, 3.05) is 26.7 Å². The fraction of sp³-hybridized carbons (Fsp3) is 0.364. The first kappa shape index (κ1) is 18.3. The van der Waals surface area contributed by atoms with Crippen LogP contribution in [0.5, 0.6) is 0 Å². The molecule has 0 aliphatic carbocycles. The van der Waals surface area contributed by atoms with Gasteiger partial charge < -0.3 is 9.80 Å². The zero-order valence-electron chi connectivity index (χ0n) is 15.4. The highest BCUT2D eigenvalue weighted by Gasteiger charge is 2.24. The molecule has 1 aromatic carbocycles. The number of nitrogens with zero attached hydrogens (tertiary/aromatic N) is 3. The van der Waals surface area contributed by atoms with Crippen molar-refractivity contribution in [3.63, 3.8) is 0 Å². The Bertz CT molecular complexity index is 715. The summed E-state index contributed by atoms with van der Waals surface area (Å²) in [5.74, 6) is 0.0590. The van der Waals surface area contributed by atoms with Crippen LogP contribution in [0.1, 0.15) is 24.0 Å². The van der Waals surface area contributed by atoms with Gasteiger partial charge >= 0.3 is 0 Å². The van der Waals surface area contributed by atoms with Gasteiger partial charge in [0.05, 0.1) is 0 Å². The van der Waals surface area contributed by atoms with E-state index in [2.05, 4.69) is 40.2 Å². The second-order valence-corrected chi connectivity index (χ2v) is 6.90. The van der Waals surface area contributed by atoms with Crippen LogP contribution < -0.4 is 0 Å². The summed E-state index contributed by atoms with van der Waals surface area (Å²) in [6.07, 6.45) is 10.3. The van der Waals surface area contributed by atoms with E-state index in [1.54, 1.807) is 18.5 Å². The van der Waals surface area contributed by atoms with Gasteiger partial charge in [-0.25, -0.2) is 0 Å². The highest BCUT2D eigenvalue weighted by molar-refractivity contribution is 5.91. The van der Waals surface area contributed by atoms with E-state index in [1.165, 1.54) is 5.56 Å². The Morgan fingerprint density at radius 2 is 2.12 bits per heavy atom. The van der Waals surface area contributed by atoms with Crippen LogP contribution in [-0.2, 0) is 11.2 Å². The lowest BCUT2D eigenvalue weighted by Gasteiger charge is -2.37. The number of pyridine rings is 1. The first-order valence-corrected chi connectivity index (χ1v) is 9.33. The summed E-state index contributed by atoms with van der Waals surface area (Å²) in [6.45, 7) is 3.13. The van der Waals surface area contributed by atoms with Crippen molar-refractivity contribution in [3.05, 3.63) is 72.1 Å². The standard InChI is InChI=1S/C22H27N3O/c1-24(22(26)12-11-20-9-5-14-23-17-20)21-10-6-15-25(18-21)16-13-19-7-3-2-4-8-19/h2-5,7-9,11-12,14,17,21H,6,10,13,15-16,18H2,1H3/b12-11+/t21-/m0/s1. The summed E-state index contributed by atoms with van der Waals surface area (Å²) in [5.41, 5.74) is 2.32. The summed E-state index contributed by atoms with van der Waals surface area (Å²) in [6, 6.07) is 14.7. The second-order valence-electron chi connectivity index (χ2n) is 6.90. The fourth-order valence-electron chi connectivity index (χ4n) is 3.42. The van der Waals surface area contributed by atoms with Crippen LogP contribution in [0.2, 0.25) is 0 Å². The monoisotopic (exact) mass is 349 g/mol. The number of piperidine rings is 1. The molecule has 0 spiro atoms. The molecule has 1 saturated heterocycles. The predicted octanol–water partition coefficient (Wildman–Crippen LogP) is 3.26. The predicted molar refractivity (Wildman–Crippen MR) is 106 cm³/mol. The second kappa shape index (κ2) is 9.30. The molecule has 2 heterocycles. The van der Waals surface area contributed by atoms with Gasteiger partial charge in [-0.2, -0.15) is 0 Å². The maximum absolute atomic E-state index is 12.5. The van der Waals surface area contributed by atoms with Crippen molar-refractivity contribution in [1.29, 1.82) is 0 Å². The highest BCUT2D eigenvalue weighted by Crippen LogP contribution is 2.16. The minimum Gasteiger partial charge on any atom is -0.338 e. The highest BCUT2D eigenvalue weighted by atomic mass is 16.2. The first-order valence-electron chi connectivity index (χ1n) is 9.33. The van der Waals surface area contributed by atoms with Gasteiger partial charge in [-0.1, -0.05) is 36.4 Å². The lowest BCUT2D eigenvalue weighted by molar-refractivity contribution is -0.127. The molecule has 0 saturated carbocycles. The number of carbonyl (C=O) groups excluding carboxylic acids is 1. The number of hydrogen-bond acceptors (Lipinski definition) is 3. The quantitative estimate of drug-likeness (QED) is 0.751. The van der Waals surface area contributed by atoms with Crippen molar-refractivity contribution in [2.24, 2.45) is 0 Å². The van der Waals surface area contributed by atoms with E-state index in [0.717, 1.165) is 44.5 Å². The molecule has 1 atom stereocenters. The van der Waals surface area contributed by atoms with E-state index in [9.17, 15) is 4.79 Å². The smallest absolute Gasteiger partial charge is 0.246 e. The zero-order valence-corrected chi connectivity index (χ0v) is 15.4. The van der Waals surface area contributed by atoms with Crippen molar-refractivity contribution in [2.45, 2.75) is 25.3 Å². The molecule has 1 amide bonds. The van der Waals surface area contributed by atoms with Crippen molar-refractivity contribution in [3.8, 4) is 0 Å². The van der Waals surface area contributed by atoms with Crippen LogP contribution in [0, 0.1) is 0 Å². The molecule has 1 aliphatic rings. The first-order chi connectivity index (χ1) is 12.7. The van der Waals surface area contributed by atoms with Gasteiger partial charge in [0.15, 0.2) is 0 Å². The van der Waals surface area contributed by atoms with Crippen LogP contribution in [0.4, 0.5) is 0 Å². The van der Waals surface area contributed by atoms with E-state index >= 15 is 0 Å². The molecule has 1 aromatic heterocycles. The zero-order chi connectivity index (χ0) is 18.2. The van der Waals surface area contributed by atoms with Crippen LogP contribution in [0.15, 0.2) is 60.9 Å². The summed E-state index contributed by atoms with van der Waals surface area (Å²) in [7, 11) is 1.92. The van der Waals surface area contributed by atoms with Crippen LogP contribution in [0.3, 0.4) is 0 Å². The van der Waals surface area contributed by atoms with Crippen LogP contribution in [0.25, 0.3) is 6.08 Å². The van der Waals surface area contributed by atoms with Gasteiger partial charge in [-0.05, 0) is 49.1 Å². The van der Waals surface area contributed by atoms with E-state index in [0.29, 0.717) is 0 Å². The Morgan fingerprint density at radius 1 is 1.27 bits per heavy atom. The Labute approximate surface area is 156 Å². The normalized spacial score (nSPS) is 18.1. The van der Waals surface area contributed by atoms with E-state index in [1.807, 2.05) is 30.2 Å². The molecule has 4 heteroatoms. The molecular formula is C22H27N3O. The number of hydrogen-bond donors (Lipinski definition) is 0. The third-order valence-corrected chi connectivity index (χ3v) is 5.04. The summed E-state index contributed by atoms with van der Waals surface area (Å²) >= 11 is 0. The topological polar surface area (TPSA) is 36.4 Å². The van der Waals surface area contributed by atoms with Gasteiger partial charge in [0.2, 0.25) is 5.91 Å². The van der Waals surface area contributed by atoms with Crippen molar-refractivity contribution < 1.29 is 4.79 Å². The molecular weight excluding hydrogens is 322 g/mol. The lowest BCUT2D eigenvalue weighted by atomic mass is 10.0. The maximum Gasteiger partial charge on any atom is 0.246 e. The lowest BCUT2D eigenvalue weighted by Crippen LogP contribution is -2.48. The van der Waals surface area contributed by atoms with E-state index < -0.39 is 0 Å². The Hall–Kier alpha value is -2.46. The Balaban J connectivity index is 1.51. The molecule has 1 fully saturated rings. The number of amides is 1. The molecule has 136 valence electrons. The summed E-state index contributed by atoms with van der Waals surface area (Å²) in [5, 5.41) is 0. The van der Waals surface area contributed by atoms with Crippen molar-refractivity contribution >= 4 is 12.0 Å². The van der Waals surface area contributed by atoms with Gasteiger partial charge in [-0.15, -0.1) is 0 Å². The molecule has 26 heavy (non-hydrogen) atoms. The molecule has 0 unspecified atom stereocenters. The third-order valence-electron chi connectivity index (χ3n) is 5.04. The SMILES string of the molecule is CN(C(=O)/C=C/c1cccnc1)[C@H]1CCCN(CCc2ccccc2)C1. The third kappa shape index (κ3) is 5.27. The van der Waals surface area contributed by atoms with Gasteiger partial charge in [-0.3, -0.25) is 9.78 Å². The molecule has 2 aromatic rings. The van der Waals surface area contributed by atoms with Crippen molar-refractivity contribution in [1.82, 2.24) is 14.8 Å². The minimum absolute atomic E-state index is 0.0590. The number of benzene rings is 1. The molecule has 0 bridgehead atoms. The number of likely N-dealkylation sites (tertiary alicyclic amines) is 1. The molecule has 0 radical (unpaired) electrons. The van der Waals surface area contributed by atoms with Crippen LogP contribution in [-0.4, -0.2) is 53.4 Å². The molecule has 1 aliphatic heterocycles. The number of likely N-dealkylation sites (N-methyl/N-ethyl adjacent to an activating group) is 1. The largest absolute Gasteiger partial charge is 0.338 e. The summed E-state index contributed by atoms with van der Waals surface area (Å²) < 4.78 is 0. The van der Waals surface area contributed by atoms with Gasteiger partial charge in [0.25, 0.3) is 0 Å². The minimum atomic E-state index is 0.0590. The van der Waals surface area contributed by atoms with E-state index in [4.69, 9.17) is 0 Å². The number of aromatic nitrogens is 1. The Kier molecular flexibility index (Phi) is 6.56. The average Bonchev–Trinajstić information content (AvgIpc) is 2.71. The van der Waals surface area contributed by atoms with Gasteiger partial charge in [0.1, 0.15) is 0 Å². The summed E-state index contributed by atoms with van der Waals surface area (Å²) in [4.78, 5) is 20.9. The fourth-order valence-corrected chi connectivity index (χ4v) is 3.42. The number of rotatable bonds is 6.